The molecule has 13 heavy (non-hydrogen) atoms. The van der Waals surface area contributed by atoms with Gasteiger partial charge in [0, 0.05) is 6.04 Å². The van der Waals surface area contributed by atoms with Crippen molar-refractivity contribution in [3.05, 3.63) is 0 Å². The highest BCUT2D eigenvalue weighted by molar-refractivity contribution is 4.81. The summed E-state index contributed by atoms with van der Waals surface area (Å²) in [5, 5.41) is 19.1. The Morgan fingerprint density at radius 1 is 1.62 bits per heavy atom. The van der Waals surface area contributed by atoms with Crippen LogP contribution in [0.5, 0.6) is 0 Å². The lowest BCUT2D eigenvalue weighted by Crippen LogP contribution is -2.40. The molecule has 0 aliphatic rings. The third-order valence-electron chi connectivity index (χ3n) is 1.71. The zero-order chi connectivity index (χ0) is 10.3. The molecule has 0 aromatic rings. The molecule has 0 amide bonds. The second kappa shape index (κ2) is 5.84. The number of nitrogens with one attached hydrogen (secondary N) is 1. The highest BCUT2D eigenvalue weighted by Gasteiger charge is 2.27. The molecule has 0 aromatic heterocycles. The van der Waals surface area contributed by atoms with Crippen molar-refractivity contribution in [2.45, 2.75) is 31.7 Å². The number of hydrogen-bond donors (Lipinski definition) is 2. The molecule has 0 radical (unpaired) electrons. The first-order chi connectivity index (χ1) is 6.05. The van der Waals surface area contributed by atoms with Crippen LogP contribution in [-0.4, -0.2) is 30.2 Å². The monoisotopic (exact) mass is 192 g/mol. The summed E-state index contributed by atoms with van der Waals surface area (Å²) < 4.78 is 25.0. The average Bonchev–Trinajstić information content (AvgIpc) is 2.12. The molecule has 1 unspecified atom stereocenters. The number of hydrogen-bond acceptors (Lipinski definition) is 3. The maximum absolute atomic E-state index is 12.5. The first-order valence-corrected chi connectivity index (χ1v) is 4.14. The van der Waals surface area contributed by atoms with Gasteiger partial charge in [-0.1, -0.05) is 6.92 Å². The van der Waals surface area contributed by atoms with Crippen LogP contribution in [0.1, 0.15) is 19.8 Å². The summed E-state index contributed by atoms with van der Waals surface area (Å²) in [4.78, 5) is 0. The minimum absolute atomic E-state index is 0.206. The van der Waals surface area contributed by atoms with E-state index in [2.05, 4.69) is 5.32 Å². The van der Waals surface area contributed by atoms with Gasteiger partial charge in [-0.2, -0.15) is 5.26 Å². The van der Waals surface area contributed by atoms with Crippen LogP contribution < -0.4 is 5.32 Å². The van der Waals surface area contributed by atoms with Gasteiger partial charge in [0.2, 0.25) is 0 Å². The number of nitriles is 1. The van der Waals surface area contributed by atoms with E-state index < -0.39 is 19.1 Å². The molecular weight excluding hydrogens is 178 g/mol. The molecule has 0 saturated heterocycles. The number of rotatable bonds is 6. The number of aliphatic hydroxyl groups is 1. The lowest BCUT2D eigenvalue weighted by Gasteiger charge is -2.18. The van der Waals surface area contributed by atoms with Crippen molar-refractivity contribution in [2.75, 3.05) is 13.2 Å². The second-order valence-corrected chi connectivity index (χ2v) is 2.86. The maximum Gasteiger partial charge on any atom is 0.282 e. The van der Waals surface area contributed by atoms with Crippen LogP contribution in [0, 0.1) is 11.3 Å². The summed E-state index contributed by atoms with van der Waals surface area (Å²) in [6, 6.07) is 1.68. The van der Waals surface area contributed by atoms with Crippen molar-refractivity contribution in [3.63, 3.8) is 0 Å². The van der Waals surface area contributed by atoms with Crippen molar-refractivity contribution in [3.8, 4) is 6.07 Å². The third kappa shape index (κ3) is 5.50. The van der Waals surface area contributed by atoms with Crippen LogP contribution in [0.2, 0.25) is 0 Å². The minimum Gasteiger partial charge on any atom is -0.390 e. The Kier molecular flexibility index (Phi) is 5.51. The van der Waals surface area contributed by atoms with Crippen molar-refractivity contribution in [2.24, 2.45) is 0 Å². The molecule has 1 atom stereocenters. The number of halogens is 2. The van der Waals surface area contributed by atoms with Crippen LogP contribution >= 0.6 is 0 Å². The fraction of sp³-hybridized carbons (Fsp3) is 0.875. The van der Waals surface area contributed by atoms with E-state index in [1.165, 1.54) is 0 Å². The van der Waals surface area contributed by atoms with Crippen LogP contribution in [-0.2, 0) is 0 Å². The quantitative estimate of drug-likeness (QED) is 0.657. The Hall–Kier alpha value is -0.730. The van der Waals surface area contributed by atoms with Gasteiger partial charge < -0.3 is 10.4 Å². The van der Waals surface area contributed by atoms with E-state index in [-0.39, 0.29) is 12.5 Å². The molecule has 76 valence electrons. The molecule has 0 spiro atoms. The fourth-order valence-corrected chi connectivity index (χ4v) is 0.821. The number of aliphatic hydroxyl groups excluding tert-OH is 1. The summed E-state index contributed by atoms with van der Waals surface area (Å²) in [5.41, 5.74) is 0. The number of nitrogens with zero attached hydrogens (tertiary/aromatic N) is 1. The van der Waals surface area contributed by atoms with Crippen molar-refractivity contribution < 1.29 is 13.9 Å². The largest absolute Gasteiger partial charge is 0.390 e. The molecule has 2 N–H and O–H groups in total. The lowest BCUT2D eigenvalue weighted by atomic mass is 10.1. The molecule has 5 heteroatoms. The van der Waals surface area contributed by atoms with Crippen molar-refractivity contribution >= 4 is 0 Å². The van der Waals surface area contributed by atoms with Gasteiger partial charge in [0.25, 0.3) is 5.92 Å². The molecule has 0 aliphatic carbocycles. The molecule has 0 aliphatic heterocycles. The first-order valence-electron chi connectivity index (χ1n) is 4.14. The molecule has 0 saturated carbocycles. The predicted octanol–water partition coefficient (Wildman–Crippen LogP) is 0.896. The van der Waals surface area contributed by atoms with E-state index >= 15 is 0 Å². The van der Waals surface area contributed by atoms with Gasteiger partial charge >= 0.3 is 0 Å². The van der Waals surface area contributed by atoms with Crippen molar-refractivity contribution in [1.29, 1.82) is 5.26 Å². The van der Waals surface area contributed by atoms with E-state index in [0.717, 1.165) is 0 Å². The first kappa shape index (κ1) is 12.3. The van der Waals surface area contributed by atoms with Gasteiger partial charge in [0.1, 0.15) is 6.61 Å². The van der Waals surface area contributed by atoms with E-state index in [1.54, 1.807) is 0 Å². The normalized spacial score (nSPS) is 13.8. The van der Waals surface area contributed by atoms with E-state index in [4.69, 9.17) is 10.4 Å². The van der Waals surface area contributed by atoms with Crippen molar-refractivity contribution in [1.82, 2.24) is 5.32 Å². The topological polar surface area (TPSA) is 56.0 Å². The SMILES string of the molecule is CCC(CC#N)NCC(F)(F)CO. The summed E-state index contributed by atoms with van der Waals surface area (Å²) in [6.07, 6.45) is 0.826. The Morgan fingerprint density at radius 2 is 2.23 bits per heavy atom. The van der Waals surface area contributed by atoms with Crippen LogP contribution in [0.4, 0.5) is 8.78 Å². The fourth-order valence-electron chi connectivity index (χ4n) is 0.821. The van der Waals surface area contributed by atoms with Crippen LogP contribution in [0.25, 0.3) is 0 Å². The lowest BCUT2D eigenvalue weighted by molar-refractivity contribution is -0.0493. The van der Waals surface area contributed by atoms with Gasteiger partial charge in [-0.25, -0.2) is 8.78 Å². The molecule has 0 rings (SSSR count). The smallest absolute Gasteiger partial charge is 0.282 e. The van der Waals surface area contributed by atoms with Gasteiger partial charge in [-0.15, -0.1) is 0 Å². The zero-order valence-electron chi connectivity index (χ0n) is 7.56. The molecular formula is C8H14F2N2O. The second-order valence-electron chi connectivity index (χ2n) is 2.86. The number of alkyl halides is 2. The van der Waals surface area contributed by atoms with Gasteiger partial charge in [0.15, 0.2) is 0 Å². The predicted molar refractivity (Wildman–Crippen MR) is 44.3 cm³/mol. The summed E-state index contributed by atoms with van der Waals surface area (Å²) in [6.45, 7) is 0.0682. The maximum atomic E-state index is 12.5. The Balaban J connectivity index is 3.78. The Labute approximate surface area is 76.4 Å². The summed E-state index contributed by atoms with van der Waals surface area (Å²) in [7, 11) is 0. The van der Waals surface area contributed by atoms with E-state index in [9.17, 15) is 8.78 Å². The molecule has 0 bridgehead atoms. The molecule has 0 fully saturated rings. The summed E-state index contributed by atoms with van der Waals surface area (Å²) >= 11 is 0. The zero-order valence-corrected chi connectivity index (χ0v) is 7.56. The highest BCUT2D eigenvalue weighted by Crippen LogP contribution is 2.10. The molecule has 0 aromatic carbocycles. The minimum atomic E-state index is -3.09. The Bertz CT molecular complexity index is 179. The van der Waals surface area contributed by atoms with E-state index in [1.807, 2.05) is 13.0 Å². The van der Waals surface area contributed by atoms with Gasteiger partial charge in [0.05, 0.1) is 19.0 Å². The van der Waals surface area contributed by atoms with Gasteiger partial charge in [-0.05, 0) is 6.42 Å². The van der Waals surface area contributed by atoms with Gasteiger partial charge in [-0.3, -0.25) is 0 Å². The molecule has 3 nitrogen and oxygen atoms in total. The third-order valence-corrected chi connectivity index (χ3v) is 1.71. The van der Waals surface area contributed by atoms with Crippen LogP contribution in [0.3, 0.4) is 0 Å². The average molecular weight is 192 g/mol. The Morgan fingerprint density at radius 3 is 2.62 bits per heavy atom. The highest BCUT2D eigenvalue weighted by atomic mass is 19.3. The van der Waals surface area contributed by atoms with E-state index in [0.29, 0.717) is 6.42 Å². The standard InChI is InChI=1S/C8H14F2N2O/c1-2-7(3-4-11)12-5-8(9,10)6-13/h7,12-13H,2-3,5-6H2,1H3. The molecule has 0 heterocycles. The summed E-state index contributed by atoms with van der Waals surface area (Å²) in [5.74, 6) is -3.09. The van der Waals surface area contributed by atoms with Crippen LogP contribution in [0.15, 0.2) is 0 Å².